The zero-order chi connectivity index (χ0) is 11.5. The largest absolute Gasteiger partial charge is 0.481 e. The molecule has 1 N–H and O–H groups in total. The molecule has 1 aromatic carbocycles. The quantitative estimate of drug-likeness (QED) is 0.938. The van der Waals surface area contributed by atoms with Gasteiger partial charge in [-0.2, -0.15) is 5.10 Å². The average Bonchev–Trinajstić information content (AvgIpc) is 2.71. The summed E-state index contributed by atoms with van der Waals surface area (Å²) in [6.45, 7) is -0.0861. The average molecular weight is 283 g/mol. The minimum absolute atomic E-state index is 0.0861. The summed E-state index contributed by atoms with van der Waals surface area (Å²) < 4.78 is 7.84. The maximum atomic E-state index is 9.12. The SMILES string of the molecule is COc1c(CO)cnn1-c1cccc(Br)c1. The summed E-state index contributed by atoms with van der Waals surface area (Å²) in [6, 6.07) is 7.70. The molecule has 1 heterocycles. The van der Waals surface area contributed by atoms with E-state index in [-0.39, 0.29) is 6.61 Å². The number of halogens is 1. The summed E-state index contributed by atoms with van der Waals surface area (Å²) in [7, 11) is 1.56. The second-order valence-electron chi connectivity index (χ2n) is 3.23. The van der Waals surface area contributed by atoms with E-state index >= 15 is 0 Å². The second kappa shape index (κ2) is 4.67. The Balaban J connectivity index is 2.51. The highest BCUT2D eigenvalue weighted by Crippen LogP contribution is 2.23. The minimum Gasteiger partial charge on any atom is -0.481 e. The van der Waals surface area contributed by atoms with Crippen LogP contribution in [0.1, 0.15) is 5.56 Å². The molecular formula is C11H11BrN2O2. The van der Waals surface area contributed by atoms with Crippen molar-refractivity contribution >= 4 is 15.9 Å². The van der Waals surface area contributed by atoms with Gasteiger partial charge in [-0.3, -0.25) is 0 Å². The van der Waals surface area contributed by atoms with E-state index in [9.17, 15) is 0 Å². The fraction of sp³-hybridized carbons (Fsp3) is 0.182. The fourth-order valence-corrected chi connectivity index (χ4v) is 1.88. The van der Waals surface area contributed by atoms with Crippen LogP contribution in [-0.2, 0) is 6.61 Å². The van der Waals surface area contributed by atoms with Gasteiger partial charge in [-0.25, -0.2) is 4.68 Å². The molecule has 0 radical (unpaired) electrons. The summed E-state index contributed by atoms with van der Waals surface area (Å²) in [5.41, 5.74) is 1.55. The van der Waals surface area contributed by atoms with Gasteiger partial charge in [-0.1, -0.05) is 22.0 Å². The van der Waals surface area contributed by atoms with E-state index in [0.29, 0.717) is 11.4 Å². The van der Waals surface area contributed by atoms with Crippen LogP contribution in [0.5, 0.6) is 5.88 Å². The minimum atomic E-state index is -0.0861. The Morgan fingerprint density at radius 1 is 1.50 bits per heavy atom. The molecule has 0 fully saturated rings. The highest BCUT2D eigenvalue weighted by molar-refractivity contribution is 9.10. The van der Waals surface area contributed by atoms with E-state index in [4.69, 9.17) is 9.84 Å². The van der Waals surface area contributed by atoms with Gasteiger partial charge in [0.25, 0.3) is 0 Å². The molecule has 0 bridgehead atoms. The van der Waals surface area contributed by atoms with Gasteiger partial charge >= 0.3 is 0 Å². The molecule has 0 saturated heterocycles. The number of ether oxygens (including phenoxy) is 1. The Morgan fingerprint density at radius 2 is 2.31 bits per heavy atom. The standard InChI is InChI=1S/C11H11BrN2O2/c1-16-11-8(7-15)6-13-14(11)10-4-2-3-9(12)5-10/h2-6,15H,7H2,1H3. The van der Waals surface area contributed by atoms with E-state index < -0.39 is 0 Å². The monoisotopic (exact) mass is 282 g/mol. The summed E-state index contributed by atoms with van der Waals surface area (Å²) in [4.78, 5) is 0. The number of aliphatic hydroxyl groups is 1. The first-order chi connectivity index (χ1) is 7.76. The Kier molecular flexibility index (Phi) is 3.26. The zero-order valence-electron chi connectivity index (χ0n) is 8.72. The number of aliphatic hydroxyl groups excluding tert-OH is 1. The molecule has 2 aromatic rings. The number of hydrogen-bond donors (Lipinski definition) is 1. The van der Waals surface area contributed by atoms with Crippen LogP contribution < -0.4 is 4.74 Å². The number of methoxy groups -OCH3 is 1. The van der Waals surface area contributed by atoms with Gasteiger partial charge in [0.15, 0.2) is 0 Å². The molecule has 5 heteroatoms. The highest BCUT2D eigenvalue weighted by atomic mass is 79.9. The third-order valence-electron chi connectivity index (χ3n) is 2.21. The topological polar surface area (TPSA) is 47.3 Å². The van der Waals surface area contributed by atoms with Crippen LogP contribution in [0.4, 0.5) is 0 Å². The number of hydrogen-bond acceptors (Lipinski definition) is 3. The molecule has 4 nitrogen and oxygen atoms in total. The maximum Gasteiger partial charge on any atom is 0.222 e. The smallest absolute Gasteiger partial charge is 0.222 e. The third kappa shape index (κ3) is 1.96. The molecule has 0 aliphatic rings. The highest BCUT2D eigenvalue weighted by Gasteiger charge is 2.11. The van der Waals surface area contributed by atoms with Crippen molar-refractivity contribution < 1.29 is 9.84 Å². The van der Waals surface area contributed by atoms with Crippen LogP contribution in [0, 0.1) is 0 Å². The van der Waals surface area contributed by atoms with Crippen LogP contribution in [0.15, 0.2) is 34.9 Å². The van der Waals surface area contributed by atoms with Gasteiger partial charge in [0.1, 0.15) is 0 Å². The van der Waals surface area contributed by atoms with Gasteiger partial charge in [0.2, 0.25) is 5.88 Å². The van der Waals surface area contributed by atoms with Crippen LogP contribution >= 0.6 is 15.9 Å². The van der Waals surface area contributed by atoms with Crippen molar-refractivity contribution in [2.45, 2.75) is 6.61 Å². The van der Waals surface area contributed by atoms with Gasteiger partial charge < -0.3 is 9.84 Å². The summed E-state index contributed by atoms with van der Waals surface area (Å²) in [5.74, 6) is 0.556. The molecule has 84 valence electrons. The van der Waals surface area contributed by atoms with Crippen LogP contribution in [-0.4, -0.2) is 22.0 Å². The van der Waals surface area contributed by atoms with Gasteiger partial charge in [-0.15, -0.1) is 0 Å². The van der Waals surface area contributed by atoms with Crippen molar-refractivity contribution in [2.75, 3.05) is 7.11 Å². The maximum absolute atomic E-state index is 9.12. The molecule has 0 unspecified atom stereocenters. The first kappa shape index (κ1) is 11.2. The Bertz CT molecular complexity index is 496. The van der Waals surface area contributed by atoms with Crippen molar-refractivity contribution in [3.63, 3.8) is 0 Å². The first-order valence-corrected chi connectivity index (χ1v) is 5.53. The number of rotatable bonds is 3. The van der Waals surface area contributed by atoms with Gasteiger partial charge in [0.05, 0.1) is 31.2 Å². The predicted octanol–water partition coefficient (Wildman–Crippen LogP) is 2.14. The van der Waals surface area contributed by atoms with E-state index in [2.05, 4.69) is 21.0 Å². The molecule has 0 amide bonds. The summed E-state index contributed by atoms with van der Waals surface area (Å²) in [5, 5.41) is 13.3. The van der Waals surface area contributed by atoms with Gasteiger partial charge in [-0.05, 0) is 18.2 Å². The molecule has 0 atom stereocenters. The predicted molar refractivity (Wildman–Crippen MR) is 63.7 cm³/mol. The molecule has 1 aromatic heterocycles. The molecule has 0 aliphatic carbocycles. The van der Waals surface area contributed by atoms with E-state index in [1.807, 2.05) is 24.3 Å². The van der Waals surface area contributed by atoms with Crippen LogP contribution in [0.25, 0.3) is 5.69 Å². The fourth-order valence-electron chi connectivity index (χ4n) is 1.49. The normalized spacial score (nSPS) is 10.4. The Labute approximate surface area is 102 Å². The van der Waals surface area contributed by atoms with Crippen molar-refractivity contribution in [3.8, 4) is 11.6 Å². The van der Waals surface area contributed by atoms with Crippen LogP contribution in [0.2, 0.25) is 0 Å². The van der Waals surface area contributed by atoms with Gasteiger partial charge in [0, 0.05) is 4.47 Å². The molecular weight excluding hydrogens is 272 g/mol. The van der Waals surface area contributed by atoms with E-state index in [1.54, 1.807) is 18.0 Å². The molecule has 0 saturated carbocycles. The second-order valence-corrected chi connectivity index (χ2v) is 4.14. The van der Waals surface area contributed by atoms with E-state index in [0.717, 1.165) is 10.2 Å². The number of nitrogens with zero attached hydrogens (tertiary/aromatic N) is 2. The number of aromatic nitrogens is 2. The lowest BCUT2D eigenvalue weighted by molar-refractivity contribution is 0.272. The van der Waals surface area contributed by atoms with Crippen molar-refractivity contribution in [2.24, 2.45) is 0 Å². The Hall–Kier alpha value is -1.33. The molecule has 0 aliphatic heterocycles. The van der Waals surface area contributed by atoms with Crippen molar-refractivity contribution in [3.05, 3.63) is 40.5 Å². The Morgan fingerprint density at radius 3 is 2.94 bits per heavy atom. The lowest BCUT2D eigenvalue weighted by atomic mass is 10.3. The van der Waals surface area contributed by atoms with E-state index in [1.165, 1.54) is 0 Å². The summed E-state index contributed by atoms with van der Waals surface area (Å²) in [6.07, 6.45) is 1.60. The molecule has 2 rings (SSSR count). The lowest BCUT2D eigenvalue weighted by Gasteiger charge is -2.07. The summed E-state index contributed by atoms with van der Waals surface area (Å²) >= 11 is 3.40. The first-order valence-electron chi connectivity index (χ1n) is 4.74. The van der Waals surface area contributed by atoms with Crippen molar-refractivity contribution in [1.29, 1.82) is 0 Å². The zero-order valence-corrected chi connectivity index (χ0v) is 10.3. The molecule has 16 heavy (non-hydrogen) atoms. The third-order valence-corrected chi connectivity index (χ3v) is 2.71. The lowest BCUT2D eigenvalue weighted by Crippen LogP contribution is -2.00. The number of benzene rings is 1. The molecule has 0 spiro atoms. The van der Waals surface area contributed by atoms with Crippen molar-refractivity contribution in [1.82, 2.24) is 9.78 Å². The van der Waals surface area contributed by atoms with Crippen LogP contribution in [0.3, 0.4) is 0 Å².